The van der Waals surface area contributed by atoms with E-state index < -0.39 is 0 Å². The maximum Gasteiger partial charge on any atom is 0.187 e. The average molecular weight is 967 g/mol. The molecule has 0 spiro atoms. The molecule has 0 atom stereocenters. The van der Waals surface area contributed by atoms with Crippen molar-refractivity contribution >= 4 is 140 Å². The quantitative estimate of drug-likeness (QED) is 0.111. The lowest BCUT2D eigenvalue weighted by Crippen LogP contribution is -1.94. The Balaban J connectivity index is 0.000000196. The van der Waals surface area contributed by atoms with Gasteiger partial charge < -0.3 is 10.2 Å². The van der Waals surface area contributed by atoms with E-state index >= 15 is 0 Å². The zero-order valence-corrected chi connectivity index (χ0v) is 36.8. The number of carbonyl (C=O) groups excluding carboxylic acids is 3. The molecule has 0 aliphatic heterocycles. The van der Waals surface area contributed by atoms with Crippen molar-refractivity contribution < 1.29 is 24.6 Å². The molecule has 59 heavy (non-hydrogen) atoms. The average Bonchev–Trinajstić information content (AvgIpc) is 3.20. The van der Waals surface area contributed by atoms with Gasteiger partial charge in [0, 0.05) is 47.9 Å². The lowest BCUT2D eigenvalue weighted by atomic mass is 10.1. The minimum Gasteiger partial charge on any atom is -0.506 e. The normalized spacial score (nSPS) is 10.9. The van der Waals surface area contributed by atoms with Crippen molar-refractivity contribution in [1.82, 2.24) is 0 Å². The second-order valence-corrected chi connectivity index (χ2v) is 15.7. The molecule has 0 aliphatic rings. The summed E-state index contributed by atoms with van der Waals surface area (Å²) in [6.45, 7) is 0. The van der Waals surface area contributed by atoms with Gasteiger partial charge in [0.1, 0.15) is 11.5 Å². The maximum absolute atomic E-state index is 12.0. The Morgan fingerprint density at radius 3 is 1.29 bits per heavy atom. The van der Waals surface area contributed by atoms with Gasteiger partial charge in [0.2, 0.25) is 0 Å². The minimum atomic E-state index is -0.272. The van der Waals surface area contributed by atoms with Crippen LogP contribution in [0, 0.1) is 0 Å². The van der Waals surface area contributed by atoms with Gasteiger partial charge in [-0.1, -0.05) is 129 Å². The first kappa shape index (κ1) is 47.4. The topological polar surface area (TPSA) is 91.7 Å². The first-order chi connectivity index (χ1) is 28.0. The first-order valence-corrected chi connectivity index (χ1v) is 20.2. The molecule has 300 valence electrons. The molecule has 0 amide bonds. The Bertz CT molecular complexity index is 2570. The van der Waals surface area contributed by atoms with Gasteiger partial charge in [-0.3, -0.25) is 14.4 Å². The lowest BCUT2D eigenvalue weighted by molar-refractivity contribution is 0.103. The molecule has 0 aromatic heterocycles. The first-order valence-electron chi connectivity index (χ1n) is 16.8. The van der Waals surface area contributed by atoms with Crippen molar-refractivity contribution in [2.45, 2.75) is 0 Å². The molecule has 0 heterocycles. The highest BCUT2D eigenvalue weighted by Gasteiger charge is 2.10. The molecule has 2 N–H and O–H groups in total. The molecule has 6 rings (SSSR count). The van der Waals surface area contributed by atoms with Crippen LogP contribution in [0.2, 0.25) is 45.2 Å². The van der Waals surface area contributed by atoms with Gasteiger partial charge >= 0.3 is 0 Å². The molecule has 0 saturated heterocycles. The van der Waals surface area contributed by atoms with Gasteiger partial charge in [0.25, 0.3) is 0 Å². The molecule has 6 aromatic carbocycles. The zero-order valence-electron chi connectivity index (χ0n) is 30.0. The number of phenolic OH excluding ortho intramolecular Hbond substituents is 2. The Labute approximate surface area is 385 Å². The van der Waals surface area contributed by atoms with Crippen LogP contribution in [0.3, 0.4) is 0 Å². The van der Waals surface area contributed by atoms with Crippen LogP contribution in [0.15, 0.2) is 133 Å². The minimum absolute atomic E-state index is 0.0947. The van der Waals surface area contributed by atoms with Crippen molar-refractivity contribution in [3.05, 3.63) is 212 Å². The number of allylic oxidation sites excluding steroid dienone is 3. The second-order valence-electron chi connectivity index (χ2n) is 11.9. The predicted octanol–water partition coefficient (Wildman–Crippen LogP) is 16.0. The molecule has 0 radical (unpaired) electrons. The van der Waals surface area contributed by atoms with Crippen molar-refractivity contribution in [3.63, 3.8) is 0 Å². The van der Waals surface area contributed by atoms with Crippen LogP contribution in [0.25, 0.3) is 18.2 Å². The van der Waals surface area contributed by atoms with Crippen molar-refractivity contribution in [3.8, 4) is 11.5 Å². The summed E-state index contributed by atoms with van der Waals surface area (Å²) in [6, 6.07) is 31.0. The highest BCUT2D eigenvalue weighted by molar-refractivity contribution is 6.42. The van der Waals surface area contributed by atoms with E-state index in [9.17, 15) is 24.6 Å². The third-order valence-corrected chi connectivity index (χ3v) is 10.3. The number of benzene rings is 6. The van der Waals surface area contributed by atoms with Crippen LogP contribution >= 0.6 is 104 Å². The number of aromatic hydroxyl groups is 2. The summed E-state index contributed by atoms with van der Waals surface area (Å²) in [6.07, 6.45) is 8.73. The molecule has 14 heteroatoms. The fourth-order valence-corrected chi connectivity index (χ4v) is 6.52. The van der Waals surface area contributed by atoms with Gasteiger partial charge in [-0.25, -0.2) is 0 Å². The fourth-order valence-electron chi connectivity index (χ4n) is 4.72. The fraction of sp³-hybridized carbons (Fsp3) is 0. The highest BCUT2D eigenvalue weighted by Crippen LogP contribution is 2.33. The highest BCUT2D eigenvalue weighted by atomic mass is 35.5. The monoisotopic (exact) mass is 962 g/mol. The maximum atomic E-state index is 12.0. The number of hydrogen-bond acceptors (Lipinski definition) is 5. The van der Waals surface area contributed by atoms with E-state index in [1.807, 2.05) is 0 Å². The summed E-state index contributed by atoms with van der Waals surface area (Å²) in [4.78, 5) is 35.8. The summed E-state index contributed by atoms with van der Waals surface area (Å²) in [7, 11) is 0. The van der Waals surface area contributed by atoms with Gasteiger partial charge in [-0.05, 0) is 133 Å². The molecule has 5 nitrogen and oxygen atoms in total. The second kappa shape index (κ2) is 22.9. The largest absolute Gasteiger partial charge is 0.506 e. The van der Waals surface area contributed by atoms with Gasteiger partial charge in [0.05, 0.1) is 25.1 Å². The van der Waals surface area contributed by atoms with Gasteiger partial charge in [0.15, 0.2) is 17.3 Å². The van der Waals surface area contributed by atoms with Crippen molar-refractivity contribution in [1.29, 1.82) is 0 Å². The molecule has 0 saturated carbocycles. The smallest absolute Gasteiger partial charge is 0.187 e. The summed E-state index contributed by atoms with van der Waals surface area (Å²) < 4.78 is 0. The lowest BCUT2D eigenvalue weighted by Gasteiger charge is -2.03. The Morgan fingerprint density at radius 2 is 0.831 bits per heavy atom. The van der Waals surface area contributed by atoms with E-state index in [2.05, 4.69) is 0 Å². The third-order valence-electron chi connectivity index (χ3n) is 7.71. The van der Waals surface area contributed by atoms with Crippen molar-refractivity contribution in [2.24, 2.45) is 0 Å². The molecular weight excluding hydrogens is 940 g/mol. The summed E-state index contributed by atoms with van der Waals surface area (Å²) in [5.74, 6) is -0.818. The van der Waals surface area contributed by atoms with E-state index in [1.165, 1.54) is 54.6 Å². The number of carbonyl (C=O) groups is 3. The number of hydrogen-bond donors (Lipinski definition) is 2. The summed E-state index contributed by atoms with van der Waals surface area (Å²) >= 11 is 52.5. The molecule has 0 unspecified atom stereocenters. The molecule has 0 aliphatic carbocycles. The van der Waals surface area contributed by atoms with Crippen LogP contribution in [0.4, 0.5) is 0 Å². The van der Waals surface area contributed by atoms with Gasteiger partial charge in [-0.2, -0.15) is 0 Å². The molecule has 6 aromatic rings. The third kappa shape index (κ3) is 14.8. The van der Waals surface area contributed by atoms with E-state index in [-0.39, 0.29) is 38.9 Å². The molecule has 0 fully saturated rings. The van der Waals surface area contributed by atoms with E-state index in [0.717, 1.165) is 5.56 Å². The standard InChI is InChI=1S/2C15H9Cl3O2.C15H9Cl3O/c16-11-4-1-9(2-5-11)14(19)6-3-10-7-12(17)8-13(18)15(10)20;16-10-7-9(15(20)13(18)8-10)5-6-14(19)11-3-1-2-4-12(11)17;16-12-5-3-11(4-6-12)15(19)8-2-10-1-7-13(17)14(18)9-10/h2*1-8,20H;1-9H. The van der Waals surface area contributed by atoms with E-state index in [4.69, 9.17) is 104 Å². The Kier molecular flexibility index (Phi) is 18.4. The number of halogens is 9. The van der Waals surface area contributed by atoms with Crippen LogP contribution in [0.5, 0.6) is 11.5 Å². The molecular formula is C45H27Cl9O5. The van der Waals surface area contributed by atoms with Crippen LogP contribution in [-0.4, -0.2) is 27.6 Å². The number of ketones is 3. The Hall–Kier alpha value is -4.24. The Morgan fingerprint density at radius 1 is 0.390 bits per heavy atom. The summed E-state index contributed by atoms with van der Waals surface area (Å²) in [5.41, 5.74) is 3.03. The van der Waals surface area contributed by atoms with Crippen LogP contribution < -0.4 is 0 Å². The van der Waals surface area contributed by atoms with Crippen molar-refractivity contribution in [2.75, 3.05) is 0 Å². The summed E-state index contributed by atoms with van der Waals surface area (Å²) in [5, 5.41) is 23.1. The predicted molar refractivity (Wildman–Crippen MR) is 247 cm³/mol. The van der Waals surface area contributed by atoms with E-state index in [1.54, 1.807) is 97.1 Å². The van der Waals surface area contributed by atoms with Crippen LogP contribution in [0.1, 0.15) is 47.8 Å². The number of phenols is 2. The van der Waals surface area contributed by atoms with Gasteiger partial charge in [-0.15, -0.1) is 0 Å². The van der Waals surface area contributed by atoms with E-state index in [0.29, 0.717) is 63.0 Å². The zero-order chi connectivity index (χ0) is 43.2. The number of rotatable bonds is 9. The SMILES string of the molecule is O=C(C=Cc1cc(Cl)cc(Cl)c1O)c1ccc(Cl)cc1.O=C(C=Cc1cc(Cl)cc(Cl)c1O)c1ccccc1Cl.O=C(C=Cc1ccc(Cl)c(Cl)c1)c1ccc(Cl)cc1. The molecule has 0 bridgehead atoms. The van der Waals surface area contributed by atoms with Crippen LogP contribution in [-0.2, 0) is 0 Å².